The molecular formula is C25H16Cl2N2O3. The predicted molar refractivity (Wildman–Crippen MR) is 123 cm³/mol. The molecule has 5 nitrogen and oxygen atoms in total. The van der Waals surface area contributed by atoms with Crippen LogP contribution in [0.25, 0.3) is 6.08 Å². The Balaban J connectivity index is 1.59. The maximum absolute atomic E-state index is 12.2. The third kappa shape index (κ3) is 4.62. The van der Waals surface area contributed by atoms with E-state index in [1.807, 2.05) is 12.1 Å². The molecule has 1 aliphatic rings. The van der Waals surface area contributed by atoms with Crippen molar-refractivity contribution in [3.63, 3.8) is 0 Å². The van der Waals surface area contributed by atoms with Gasteiger partial charge in [0.05, 0.1) is 5.92 Å². The van der Waals surface area contributed by atoms with Gasteiger partial charge in [-0.15, -0.1) is 0 Å². The molecule has 0 bridgehead atoms. The van der Waals surface area contributed by atoms with Crippen molar-refractivity contribution >= 4 is 35.2 Å². The molecule has 0 saturated carbocycles. The summed E-state index contributed by atoms with van der Waals surface area (Å²) in [5, 5.41) is 10.8. The van der Waals surface area contributed by atoms with Crippen LogP contribution in [-0.2, 0) is 4.79 Å². The first-order valence-electron chi connectivity index (χ1n) is 9.57. The van der Waals surface area contributed by atoms with Gasteiger partial charge in [-0.1, -0.05) is 53.5 Å². The molecular weight excluding hydrogens is 447 g/mol. The summed E-state index contributed by atoms with van der Waals surface area (Å²) in [7, 11) is 0. The molecule has 0 spiro atoms. The molecule has 32 heavy (non-hydrogen) atoms. The number of nitrogens with zero attached hydrogens (tertiary/aromatic N) is 1. The van der Waals surface area contributed by atoms with Gasteiger partial charge < -0.3 is 15.2 Å². The van der Waals surface area contributed by atoms with E-state index in [-0.39, 0.29) is 11.6 Å². The number of hydrogen-bond acceptors (Lipinski definition) is 5. The Morgan fingerprint density at radius 2 is 1.69 bits per heavy atom. The summed E-state index contributed by atoms with van der Waals surface area (Å²) in [4.78, 5) is 12.2. The lowest BCUT2D eigenvalue weighted by molar-refractivity contribution is -0.128. The lowest BCUT2D eigenvalue weighted by atomic mass is 9.83. The van der Waals surface area contributed by atoms with Crippen LogP contribution in [0.5, 0.6) is 11.5 Å². The summed E-state index contributed by atoms with van der Waals surface area (Å²) in [6, 6.07) is 21.3. The van der Waals surface area contributed by atoms with Crippen molar-refractivity contribution in [2.24, 2.45) is 5.73 Å². The lowest BCUT2D eigenvalue weighted by Gasteiger charge is -2.26. The Kier molecular flexibility index (Phi) is 6.18. The number of allylic oxidation sites excluding steroid dienone is 1. The zero-order valence-electron chi connectivity index (χ0n) is 16.6. The van der Waals surface area contributed by atoms with Crippen molar-refractivity contribution in [2.75, 3.05) is 0 Å². The molecule has 0 saturated heterocycles. The van der Waals surface area contributed by atoms with Crippen molar-refractivity contribution in [1.29, 1.82) is 5.26 Å². The van der Waals surface area contributed by atoms with Gasteiger partial charge in [0.25, 0.3) is 0 Å². The molecule has 0 amide bonds. The SMILES string of the molecule is N#CC1=C(N)Oc2cc(OC(=O)/C=C/c3ccc(Cl)cc3)ccc2C1c1ccc(Cl)cc1. The number of fused-ring (bicyclic) bond motifs is 1. The van der Waals surface area contributed by atoms with Crippen LogP contribution >= 0.6 is 23.2 Å². The standard InChI is InChI=1S/C25H16Cl2N2O3/c26-17-6-1-15(2-7-17)3-12-23(30)31-19-10-11-20-22(13-19)32-25(29)21(14-28)24(20)16-4-8-18(27)9-5-16/h1-13,24H,29H2/b12-3+. The van der Waals surface area contributed by atoms with Gasteiger partial charge in [-0.3, -0.25) is 0 Å². The fourth-order valence-electron chi connectivity index (χ4n) is 3.39. The number of nitrogens with two attached hydrogens (primary N) is 1. The number of nitriles is 1. The number of ether oxygens (including phenoxy) is 2. The Morgan fingerprint density at radius 1 is 1.03 bits per heavy atom. The first kappa shape index (κ1) is 21.5. The van der Waals surface area contributed by atoms with Crippen molar-refractivity contribution in [3.8, 4) is 17.6 Å². The summed E-state index contributed by atoms with van der Waals surface area (Å²) in [6.07, 6.45) is 2.95. The molecule has 2 N–H and O–H groups in total. The van der Waals surface area contributed by atoms with Crippen LogP contribution in [0.3, 0.4) is 0 Å². The molecule has 158 valence electrons. The molecule has 0 aromatic heterocycles. The molecule has 0 fully saturated rings. The second-order valence-electron chi connectivity index (χ2n) is 6.98. The van der Waals surface area contributed by atoms with Gasteiger partial charge in [-0.05, 0) is 47.5 Å². The lowest BCUT2D eigenvalue weighted by Crippen LogP contribution is -2.21. The van der Waals surface area contributed by atoms with E-state index in [1.54, 1.807) is 60.7 Å². The van der Waals surface area contributed by atoms with Crippen LogP contribution in [0.15, 0.2) is 84.3 Å². The third-order valence-corrected chi connectivity index (χ3v) is 5.40. The number of halogens is 2. The number of benzene rings is 3. The van der Waals surface area contributed by atoms with Crippen molar-refractivity contribution in [1.82, 2.24) is 0 Å². The summed E-state index contributed by atoms with van der Waals surface area (Å²) in [5.74, 6) is -0.265. The summed E-state index contributed by atoms with van der Waals surface area (Å²) in [5.41, 5.74) is 8.70. The Labute approximate surface area is 194 Å². The van der Waals surface area contributed by atoms with Gasteiger partial charge in [0.15, 0.2) is 0 Å². The summed E-state index contributed by atoms with van der Waals surface area (Å²) >= 11 is 11.9. The topological polar surface area (TPSA) is 85.3 Å². The summed E-state index contributed by atoms with van der Waals surface area (Å²) in [6.45, 7) is 0. The Bertz CT molecular complexity index is 1270. The van der Waals surface area contributed by atoms with Gasteiger partial charge in [0, 0.05) is 27.8 Å². The van der Waals surface area contributed by atoms with Crippen LogP contribution in [0, 0.1) is 11.3 Å². The minimum atomic E-state index is -0.550. The van der Waals surface area contributed by atoms with Crippen LogP contribution < -0.4 is 15.2 Å². The number of carbonyl (C=O) groups excluding carboxylic acids is 1. The van der Waals surface area contributed by atoms with E-state index in [4.69, 9.17) is 38.4 Å². The minimum absolute atomic E-state index is 0.00561. The van der Waals surface area contributed by atoms with Crippen LogP contribution in [0.2, 0.25) is 10.0 Å². The maximum Gasteiger partial charge on any atom is 0.336 e. The quantitative estimate of drug-likeness (QED) is 0.299. The van der Waals surface area contributed by atoms with E-state index in [0.717, 1.165) is 16.7 Å². The zero-order valence-corrected chi connectivity index (χ0v) is 18.1. The highest BCUT2D eigenvalue weighted by molar-refractivity contribution is 6.30. The molecule has 0 aliphatic carbocycles. The number of rotatable bonds is 4. The normalized spacial score (nSPS) is 15.1. The largest absolute Gasteiger partial charge is 0.440 e. The fourth-order valence-corrected chi connectivity index (χ4v) is 3.64. The second kappa shape index (κ2) is 9.19. The first-order valence-corrected chi connectivity index (χ1v) is 10.3. The third-order valence-electron chi connectivity index (χ3n) is 4.89. The van der Waals surface area contributed by atoms with E-state index in [0.29, 0.717) is 21.4 Å². The van der Waals surface area contributed by atoms with E-state index in [2.05, 4.69) is 6.07 Å². The van der Waals surface area contributed by atoms with Gasteiger partial charge in [0.1, 0.15) is 23.1 Å². The fraction of sp³-hybridized carbons (Fsp3) is 0.0400. The van der Waals surface area contributed by atoms with Crippen LogP contribution in [0.4, 0.5) is 0 Å². The highest BCUT2D eigenvalue weighted by Crippen LogP contribution is 2.43. The minimum Gasteiger partial charge on any atom is -0.440 e. The second-order valence-corrected chi connectivity index (χ2v) is 7.85. The number of esters is 1. The number of hydrogen-bond donors (Lipinski definition) is 1. The molecule has 1 heterocycles. The molecule has 0 radical (unpaired) electrons. The Hall–Kier alpha value is -3.72. The zero-order chi connectivity index (χ0) is 22.7. The van der Waals surface area contributed by atoms with Gasteiger partial charge >= 0.3 is 5.97 Å². The van der Waals surface area contributed by atoms with Gasteiger partial charge in [0.2, 0.25) is 5.88 Å². The van der Waals surface area contributed by atoms with Gasteiger partial charge in [-0.2, -0.15) is 5.26 Å². The maximum atomic E-state index is 12.2. The van der Waals surface area contributed by atoms with Crippen molar-refractivity contribution < 1.29 is 14.3 Å². The van der Waals surface area contributed by atoms with Crippen LogP contribution in [0.1, 0.15) is 22.6 Å². The van der Waals surface area contributed by atoms with Crippen LogP contribution in [-0.4, -0.2) is 5.97 Å². The van der Waals surface area contributed by atoms with E-state index in [9.17, 15) is 10.1 Å². The summed E-state index contributed by atoms with van der Waals surface area (Å²) < 4.78 is 11.1. The van der Waals surface area contributed by atoms with E-state index >= 15 is 0 Å². The molecule has 1 unspecified atom stereocenters. The van der Waals surface area contributed by atoms with E-state index in [1.165, 1.54) is 6.08 Å². The molecule has 3 aromatic carbocycles. The van der Waals surface area contributed by atoms with Gasteiger partial charge in [-0.25, -0.2) is 4.79 Å². The molecule has 3 aromatic rings. The highest BCUT2D eigenvalue weighted by Gasteiger charge is 2.31. The monoisotopic (exact) mass is 462 g/mol. The van der Waals surface area contributed by atoms with E-state index < -0.39 is 11.9 Å². The Morgan fingerprint density at radius 3 is 2.34 bits per heavy atom. The van der Waals surface area contributed by atoms with Crippen molar-refractivity contribution in [2.45, 2.75) is 5.92 Å². The van der Waals surface area contributed by atoms with Crippen molar-refractivity contribution in [3.05, 3.63) is 111 Å². The smallest absolute Gasteiger partial charge is 0.336 e. The molecule has 4 rings (SSSR count). The average Bonchev–Trinajstić information content (AvgIpc) is 2.78. The highest BCUT2D eigenvalue weighted by atomic mass is 35.5. The molecule has 7 heteroatoms. The first-order chi connectivity index (χ1) is 15.4. The number of carbonyl (C=O) groups is 1. The molecule has 1 atom stereocenters. The predicted octanol–water partition coefficient (Wildman–Crippen LogP) is 5.83. The average molecular weight is 463 g/mol. The molecule has 1 aliphatic heterocycles.